The Kier molecular flexibility index (Phi) is 5.61. The van der Waals surface area contributed by atoms with Crippen LogP contribution in [-0.4, -0.2) is 9.97 Å². The molecule has 0 aliphatic rings. The standard InChI is InChI=1S/C18H14Cl2N2OS/c1-12-9-17(23-16-8-3-2-7-15(16)20)22-18(21-12)24-11-13-5-4-6-14(19)10-13/h2-10H,11H2,1H3. The number of rotatable bonds is 5. The van der Waals surface area contributed by atoms with Crippen molar-refractivity contribution in [2.75, 3.05) is 0 Å². The monoisotopic (exact) mass is 376 g/mol. The van der Waals surface area contributed by atoms with Gasteiger partial charge < -0.3 is 4.74 Å². The van der Waals surface area contributed by atoms with Crippen molar-refractivity contribution in [2.45, 2.75) is 17.8 Å². The van der Waals surface area contributed by atoms with Crippen molar-refractivity contribution in [3.8, 4) is 11.6 Å². The quantitative estimate of drug-likeness (QED) is 0.393. The molecule has 2 aromatic carbocycles. The summed E-state index contributed by atoms with van der Waals surface area (Å²) in [5.74, 6) is 1.78. The number of nitrogens with zero attached hydrogens (tertiary/aromatic N) is 2. The van der Waals surface area contributed by atoms with Gasteiger partial charge in [-0.05, 0) is 36.8 Å². The molecule has 1 heterocycles. The van der Waals surface area contributed by atoms with Crippen molar-refractivity contribution < 1.29 is 4.74 Å². The second-order valence-corrected chi connectivity index (χ2v) is 6.87. The van der Waals surface area contributed by atoms with Crippen molar-refractivity contribution in [3.63, 3.8) is 0 Å². The second kappa shape index (κ2) is 7.88. The zero-order valence-electron chi connectivity index (χ0n) is 12.9. The molecule has 0 amide bonds. The van der Waals surface area contributed by atoms with Gasteiger partial charge in [0, 0.05) is 22.5 Å². The summed E-state index contributed by atoms with van der Waals surface area (Å²) >= 11 is 13.7. The Morgan fingerprint density at radius 1 is 1.00 bits per heavy atom. The second-order valence-electron chi connectivity index (χ2n) is 5.08. The van der Waals surface area contributed by atoms with Crippen LogP contribution in [0.5, 0.6) is 11.6 Å². The number of hydrogen-bond donors (Lipinski definition) is 0. The van der Waals surface area contributed by atoms with E-state index >= 15 is 0 Å². The van der Waals surface area contributed by atoms with Gasteiger partial charge in [0.2, 0.25) is 5.88 Å². The molecule has 3 rings (SSSR count). The molecule has 0 aliphatic carbocycles. The van der Waals surface area contributed by atoms with Gasteiger partial charge in [0.25, 0.3) is 0 Å². The molecule has 0 saturated heterocycles. The van der Waals surface area contributed by atoms with Crippen molar-refractivity contribution >= 4 is 35.0 Å². The lowest BCUT2D eigenvalue weighted by Gasteiger charge is -2.09. The topological polar surface area (TPSA) is 35.0 Å². The summed E-state index contributed by atoms with van der Waals surface area (Å²) in [6, 6.07) is 16.8. The summed E-state index contributed by atoms with van der Waals surface area (Å²) in [5.41, 5.74) is 1.95. The van der Waals surface area contributed by atoms with Crippen LogP contribution in [0.2, 0.25) is 10.0 Å². The molecule has 1 aromatic heterocycles. The Morgan fingerprint density at radius 2 is 1.83 bits per heavy atom. The summed E-state index contributed by atoms with van der Waals surface area (Å²) in [6.45, 7) is 1.91. The molecule has 0 aliphatic heterocycles. The summed E-state index contributed by atoms with van der Waals surface area (Å²) < 4.78 is 5.78. The highest BCUT2D eigenvalue weighted by molar-refractivity contribution is 7.98. The summed E-state index contributed by atoms with van der Waals surface area (Å²) in [7, 11) is 0. The minimum absolute atomic E-state index is 0.476. The predicted octanol–water partition coefficient (Wildman–Crippen LogP) is 6.18. The van der Waals surface area contributed by atoms with Gasteiger partial charge >= 0.3 is 0 Å². The van der Waals surface area contributed by atoms with E-state index in [9.17, 15) is 0 Å². The van der Waals surface area contributed by atoms with Gasteiger partial charge in [0.15, 0.2) is 5.16 Å². The van der Waals surface area contributed by atoms with Crippen LogP contribution in [0, 0.1) is 6.92 Å². The molecule has 24 heavy (non-hydrogen) atoms. The van der Waals surface area contributed by atoms with E-state index in [1.165, 1.54) is 11.8 Å². The Morgan fingerprint density at radius 3 is 2.62 bits per heavy atom. The zero-order valence-corrected chi connectivity index (χ0v) is 15.2. The molecule has 0 fully saturated rings. The minimum Gasteiger partial charge on any atom is -0.437 e. The first-order valence-electron chi connectivity index (χ1n) is 7.25. The summed E-state index contributed by atoms with van der Waals surface area (Å²) in [5, 5.41) is 1.92. The summed E-state index contributed by atoms with van der Waals surface area (Å²) in [6.07, 6.45) is 0. The average molecular weight is 377 g/mol. The van der Waals surface area contributed by atoms with Crippen LogP contribution >= 0.6 is 35.0 Å². The fourth-order valence-electron chi connectivity index (χ4n) is 2.05. The van der Waals surface area contributed by atoms with Gasteiger partial charge in [-0.3, -0.25) is 0 Å². The molecular weight excluding hydrogens is 363 g/mol. The maximum atomic E-state index is 6.12. The van der Waals surface area contributed by atoms with E-state index in [0.29, 0.717) is 21.8 Å². The molecule has 0 atom stereocenters. The van der Waals surface area contributed by atoms with E-state index in [4.69, 9.17) is 27.9 Å². The van der Waals surface area contributed by atoms with Gasteiger partial charge in [-0.2, -0.15) is 4.98 Å². The highest BCUT2D eigenvalue weighted by Gasteiger charge is 2.08. The Balaban J connectivity index is 1.75. The molecule has 0 spiro atoms. The fourth-order valence-corrected chi connectivity index (χ4v) is 3.27. The Bertz CT molecular complexity index is 858. The molecule has 3 nitrogen and oxygen atoms in total. The number of aryl methyl sites for hydroxylation is 1. The molecule has 0 unspecified atom stereocenters. The first-order chi connectivity index (χ1) is 11.6. The third-order valence-electron chi connectivity index (χ3n) is 3.12. The minimum atomic E-state index is 0.476. The van der Waals surface area contributed by atoms with Gasteiger partial charge in [-0.1, -0.05) is 59.2 Å². The predicted molar refractivity (Wildman–Crippen MR) is 99.3 cm³/mol. The SMILES string of the molecule is Cc1cc(Oc2ccccc2Cl)nc(SCc2cccc(Cl)c2)n1. The zero-order chi connectivity index (χ0) is 16.9. The number of para-hydroxylation sites is 1. The average Bonchev–Trinajstić information content (AvgIpc) is 2.55. The number of benzene rings is 2. The van der Waals surface area contributed by atoms with Gasteiger partial charge in [-0.15, -0.1) is 0 Å². The summed E-state index contributed by atoms with van der Waals surface area (Å²) in [4.78, 5) is 8.89. The highest BCUT2D eigenvalue weighted by atomic mass is 35.5. The van der Waals surface area contributed by atoms with Crippen molar-refractivity contribution in [3.05, 3.63) is 75.9 Å². The highest BCUT2D eigenvalue weighted by Crippen LogP contribution is 2.29. The maximum Gasteiger partial charge on any atom is 0.223 e. The van der Waals surface area contributed by atoms with Crippen molar-refractivity contribution in [2.24, 2.45) is 0 Å². The number of aromatic nitrogens is 2. The van der Waals surface area contributed by atoms with E-state index in [-0.39, 0.29) is 0 Å². The van der Waals surface area contributed by atoms with Crippen LogP contribution in [0.15, 0.2) is 59.8 Å². The number of hydrogen-bond acceptors (Lipinski definition) is 4. The van der Waals surface area contributed by atoms with E-state index < -0.39 is 0 Å². The maximum absolute atomic E-state index is 6.12. The van der Waals surface area contributed by atoms with Crippen LogP contribution in [0.3, 0.4) is 0 Å². The van der Waals surface area contributed by atoms with Crippen molar-refractivity contribution in [1.29, 1.82) is 0 Å². The third-order valence-corrected chi connectivity index (χ3v) is 4.58. The fraction of sp³-hybridized carbons (Fsp3) is 0.111. The molecule has 0 N–H and O–H groups in total. The number of thioether (sulfide) groups is 1. The normalized spacial score (nSPS) is 10.6. The molecule has 3 aromatic rings. The van der Waals surface area contributed by atoms with Crippen LogP contribution in [0.4, 0.5) is 0 Å². The van der Waals surface area contributed by atoms with Crippen LogP contribution in [-0.2, 0) is 5.75 Å². The van der Waals surface area contributed by atoms with Gasteiger partial charge in [-0.25, -0.2) is 4.98 Å². The molecule has 0 radical (unpaired) electrons. The van der Waals surface area contributed by atoms with Gasteiger partial charge in [0.05, 0.1) is 5.02 Å². The smallest absolute Gasteiger partial charge is 0.223 e. The van der Waals surface area contributed by atoms with E-state index in [2.05, 4.69) is 9.97 Å². The third kappa shape index (κ3) is 4.63. The molecular formula is C18H14Cl2N2OS. The van der Waals surface area contributed by atoms with Crippen LogP contribution in [0.1, 0.15) is 11.3 Å². The molecule has 0 bridgehead atoms. The van der Waals surface area contributed by atoms with Crippen LogP contribution < -0.4 is 4.74 Å². The lowest BCUT2D eigenvalue weighted by molar-refractivity contribution is 0.454. The Hall–Kier alpha value is -1.75. The van der Waals surface area contributed by atoms with Crippen LogP contribution in [0.25, 0.3) is 0 Å². The molecule has 122 valence electrons. The lowest BCUT2D eigenvalue weighted by atomic mass is 10.2. The van der Waals surface area contributed by atoms with E-state index in [0.717, 1.165) is 22.0 Å². The molecule has 6 heteroatoms. The largest absolute Gasteiger partial charge is 0.437 e. The molecule has 0 saturated carbocycles. The van der Waals surface area contributed by atoms with E-state index in [1.54, 1.807) is 18.2 Å². The first-order valence-corrected chi connectivity index (χ1v) is 8.99. The lowest BCUT2D eigenvalue weighted by Crippen LogP contribution is -1.95. The number of ether oxygens (including phenoxy) is 1. The first kappa shape index (κ1) is 17.1. The Labute approximate surface area is 155 Å². The van der Waals surface area contributed by atoms with Gasteiger partial charge in [0.1, 0.15) is 5.75 Å². The van der Waals surface area contributed by atoms with E-state index in [1.807, 2.05) is 43.3 Å². The van der Waals surface area contributed by atoms with Crippen molar-refractivity contribution in [1.82, 2.24) is 9.97 Å². The number of halogens is 2.